The Labute approximate surface area is 90.2 Å². The van der Waals surface area contributed by atoms with Crippen LogP contribution in [0.5, 0.6) is 0 Å². The van der Waals surface area contributed by atoms with Crippen LogP contribution in [0.4, 0.5) is 4.39 Å². The van der Waals surface area contributed by atoms with E-state index in [1.165, 1.54) is 30.8 Å². The second-order valence-electron chi connectivity index (χ2n) is 4.49. The van der Waals surface area contributed by atoms with Gasteiger partial charge >= 0.3 is 0 Å². The Morgan fingerprint density at radius 1 is 1.07 bits per heavy atom. The second kappa shape index (κ2) is 5.36. The van der Waals surface area contributed by atoms with Crippen LogP contribution >= 0.6 is 11.8 Å². The van der Waals surface area contributed by atoms with Crippen molar-refractivity contribution in [3.63, 3.8) is 0 Å². The van der Waals surface area contributed by atoms with Crippen molar-refractivity contribution in [1.29, 1.82) is 0 Å². The molecule has 2 aliphatic rings. The van der Waals surface area contributed by atoms with Crippen molar-refractivity contribution in [3.8, 4) is 0 Å². The van der Waals surface area contributed by atoms with Gasteiger partial charge in [-0.1, -0.05) is 12.8 Å². The minimum atomic E-state index is -0.587. The number of hydrogen-bond acceptors (Lipinski definition) is 2. The monoisotopic (exact) mass is 217 g/mol. The molecule has 1 unspecified atom stereocenters. The summed E-state index contributed by atoms with van der Waals surface area (Å²) in [6.45, 7) is 0. The number of alkyl halides is 1. The Bertz CT molecular complexity index is 171. The summed E-state index contributed by atoms with van der Waals surface area (Å²) in [4.78, 5) is 0. The summed E-state index contributed by atoms with van der Waals surface area (Å²) in [6, 6.07) is 0.738. The quantitative estimate of drug-likeness (QED) is 0.763. The summed E-state index contributed by atoms with van der Waals surface area (Å²) in [6.07, 6.45) is 6.06. The Balaban J connectivity index is 1.76. The molecule has 0 aromatic heterocycles. The van der Waals surface area contributed by atoms with Gasteiger partial charge < -0.3 is 5.32 Å². The first-order valence-corrected chi connectivity index (χ1v) is 6.99. The van der Waals surface area contributed by atoms with Gasteiger partial charge in [0.2, 0.25) is 0 Å². The molecule has 0 amide bonds. The van der Waals surface area contributed by atoms with Crippen molar-refractivity contribution in [3.05, 3.63) is 0 Å². The molecular weight excluding hydrogens is 197 g/mol. The lowest BCUT2D eigenvalue weighted by Crippen LogP contribution is -2.47. The number of halogens is 1. The van der Waals surface area contributed by atoms with Crippen molar-refractivity contribution >= 4 is 11.8 Å². The number of hydrogen-bond donors (Lipinski definition) is 1. The van der Waals surface area contributed by atoms with Crippen molar-refractivity contribution in [1.82, 2.24) is 5.32 Å². The van der Waals surface area contributed by atoms with Gasteiger partial charge in [-0.15, -0.1) is 0 Å². The SMILES string of the molecule is F[C@@H]1CCCC[C@H]1NC1CCCSC1. The summed E-state index contributed by atoms with van der Waals surface area (Å²) in [5.74, 6) is 2.48. The first-order chi connectivity index (χ1) is 6.86. The predicted octanol–water partition coefficient (Wildman–Crippen LogP) is 2.75. The lowest BCUT2D eigenvalue weighted by molar-refractivity contribution is 0.178. The normalized spacial score (nSPS) is 39.6. The molecule has 82 valence electrons. The zero-order chi connectivity index (χ0) is 9.80. The average Bonchev–Trinajstić information content (AvgIpc) is 2.23. The summed E-state index contributed by atoms with van der Waals surface area (Å²) in [7, 11) is 0. The smallest absolute Gasteiger partial charge is 0.115 e. The van der Waals surface area contributed by atoms with Crippen molar-refractivity contribution in [2.45, 2.75) is 56.8 Å². The summed E-state index contributed by atoms with van der Waals surface area (Å²) in [5, 5.41) is 3.51. The third-order valence-electron chi connectivity index (χ3n) is 3.29. The highest BCUT2D eigenvalue weighted by Gasteiger charge is 2.27. The van der Waals surface area contributed by atoms with Gasteiger partial charge in [-0.05, 0) is 31.4 Å². The minimum absolute atomic E-state index is 0.160. The molecule has 0 spiro atoms. The van der Waals surface area contributed by atoms with E-state index in [1.54, 1.807) is 0 Å². The molecule has 0 bridgehead atoms. The van der Waals surface area contributed by atoms with E-state index in [9.17, 15) is 4.39 Å². The van der Waals surface area contributed by atoms with Crippen LogP contribution in [-0.4, -0.2) is 29.8 Å². The molecule has 3 heteroatoms. The van der Waals surface area contributed by atoms with Crippen molar-refractivity contribution < 1.29 is 4.39 Å². The molecule has 2 rings (SSSR count). The minimum Gasteiger partial charge on any atom is -0.308 e. The first-order valence-electron chi connectivity index (χ1n) is 5.84. The third-order valence-corrected chi connectivity index (χ3v) is 4.51. The molecule has 1 heterocycles. The molecule has 0 radical (unpaired) electrons. The topological polar surface area (TPSA) is 12.0 Å². The lowest BCUT2D eigenvalue weighted by atomic mass is 9.93. The maximum atomic E-state index is 13.5. The Hall–Kier alpha value is 0.240. The van der Waals surface area contributed by atoms with Crippen LogP contribution in [0.25, 0.3) is 0 Å². The number of thioether (sulfide) groups is 1. The highest BCUT2D eigenvalue weighted by molar-refractivity contribution is 7.99. The van der Waals surface area contributed by atoms with Crippen LogP contribution < -0.4 is 5.32 Å². The van der Waals surface area contributed by atoms with Crippen LogP contribution in [0, 0.1) is 0 Å². The molecule has 0 aromatic carbocycles. The molecule has 1 nitrogen and oxygen atoms in total. The van der Waals surface area contributed by atoms with E-state index < -0.39 is 6.17 Å². The average molecular weight is 217 g/mol. The van der Waals surface area contributed by atoms with Gasteiger partial charge in [0.25, 0.3) is 0 Å². The third kappa shape index (κ3) is 2.86. The molecule has 14 heavy (non-hydrogen) atoms. The summed E-state index contributed by atoms with van der Waals surface area (Å²) < 4.78 is 13.5. The Morgan fingerprint density at radius 2 is 1.93 bits per heavy atom. The fourth-order valence-corrected chi connectivity index (χ4v) is 3.53. The van der Waals surface area contributed by atoms with E-state index in [2.05, 4.69) is 5.32 Å². The molecule has 1 saturated carbocycles. The zero-order valence-electron chi connectivity index (χ0n) is 8.68. The van der Waals surface area contributed by atoms with Gasteiger partial charge in [0, 0.05) is 17.8 Å². The molecule has 1 N–H and O–H groups in total. The molecular formula is C11H20FNS. The van der Waals surface area contributed by atoms with Crippen LogP contribution in [0.2, 0.25) is 0 Å². The fourth-order valence-electron chi connectivity index (χ4n) is 2.45. The highest BCUT2D eigenvalue weighted by Crippen LogP contribution is 2.24. The van der Waals surface area contributed by atoms with Crippen LogP contribution in [0.1, 0.15) is 38.5 Å². The number of rotatable bonds is 2. The van der Waals surface area contributed by atoms with Crippen LogP contribution in [0.3, 0.4) is 0 Å². The first kappa shape index (κ1) is 10.7. The van der Waals surface area contributed by atoms with Crippen molar-refractivity contribution in [2.75, 3.05) is 11.5 Å². The van der Waals surface area contributed by atoms with E-state index in [0.717, 1.165) is 19.3 Å². The van der Waals surface area contributed by atoms with Crippen molar-refractivity contribution in [2.24, 2.45) is 0 Å². The molecule has 1 aliphatic carbocycles. The second-order valence-corrected chi connectivity index (χ2v) is 5.64. The van der Waals surface area contributed by atoms with Gasteiger partial charge in [-0.2, -0.15) is 11.8 Å². The fraction of sp³-hybridized carbons (Fsp3) is 1.00. The van der Waals surface area contributed by atoms with E-state index in [1.807, 2.05) is 11.8 Å². The van der Waals surface area contributed by atoms with Gasteiger partial charge in [-0.25, -0.2) is 4.39 Å². The zero-order valence-corrected chi connectivity index (χ0v) is 9.49. The number of nitrogens with one attached hydrogen (secondary N) is 1. The van der Waals surface area contributed by atoms with Gasteiger partial charge in [-0.3, -0.25) is 0 Å². The largest absolute Gasteiger partial charge is 0.308 e. The van der Waals surface area contributed by atoms with Crippen LogP contribution in [-0.2, 0) is 0 Å². The van der Waals surface area contributed by atoms with Gasteiger partial charge in [0.15, 0.2) is 0 Å². The van der Waals surface area contributed by atoms with E-state index in [0.29, 0.717) is 6.04 Å². The van der Waals surface area contributed by atoms with Gasteiger partial charge in [0.1, 0.15) is 6.17 Å². The summed E-state index contributed by atoms with van der Waals surface area (Å²) >= 11 is 2.01. The highest BCUT2D eigenvalue weighted by atomic mass is 32.2. The van der Waals surface area contributed by atoms with E-state index in [-0.39, 0.29) is 6.04 Å². The lowest BCUT2D eigenvalue weighted by Gasteiger charge is -2.32. The maximum absolute atomic E-state index is 13.5. The Kier molecular flexibility index (Phi) is 4.11. The summed E-state index contributed by atoms with van der Waals surface area (Å²) in [5.41, 5.74) is 0. The maximum Gasteiger partial charge on any atom is 0.115 e. The van der Waals surface area contributed by atoms with E-state index >= 15 is 0 Å². The van der Waals surface area contributed by atoms with E-state index in [4.69, 9.17) is 0 Å². The standard InChI is InChI=1S/C11H20FNS/c12-10-5-1-2-6-11(10)13-9-4-3-7-14-8-9/h9-11,13H,1-8H2/t9?,10-,11-/m1/s1. The molecule has 3 atom stereocenters. The van der Waals surface area contributed by atoms with Crippen LogP contribution in [0.15, 0.2) is 0 Å². The predicted molar refractivity (Wildman–Crippen MR) is 60.6 cm³/mol. The van der Waals surface area contributed by atoms with Gasteiger partial charge in [0.05, 0.1) is 0 Å². The molecule has 1 aliphatic heterocycles. The Morgan fingerprint density at radius 3 is 2.64 bits per heavy atom. The molecule has 0 aromatic rings. The molecule has 1 saturated heterocycles. The molecule has 2 fully saturated rings.